The third-order valence-corrected chi connectivity index (χ3v) is 1.96. The monoisotopic (exact) mass is 183 g/mol. The van der Waals surface area contributed by atoms with Crippen molar-refractivity contribution in [1.82, 2.24) is 5.32 Å². The molecular formula is C10H21N3. The van der Waals surface area contributed by atoms with Crippen molar-refractivity contribution in [3.8, 4) is 0 Å². The van der Waals surface area contributed by atoms with Gasteiger partial charge in [-0.2, -0.15) is 0 Å². The van der Waals surface area contributed by atoms with Crippen LogP contribution in [0.15, 0.2) is 17.1 Å². The number of nitrogens with zero attached hydrogens (tertiary/aromatic N) is 1. The highest BCUT2D eigenvalue weighted by atomic mass is 14.9. The maximum absolute atomic E-state index is 5.42. The summed E-state index contributed by atoms with van der Waals surface area (Å²) in [6.45, 7) is 8.58. The second-order valence-corrected chi connectivity index (χ2v) is 3.35. The van der Waals surface area contributed by atoms with E-state index in [1.807, 2.05) is 20.9 Å². The summed E-state index contributed by atoms with van der Waals surface area (Å²) in [7, 11) is 1.96. The Bertz CT molecular complexity index is 181. The van der Waals surface area contributed by atoms with Crippen molar-refractivity contribution in [2.45, 2.75) is 32.7 Å². The van der Waals surface area contributed by atoms with E-state index in [1.54, 1.807) is 0 Å². The molecule has 0 radical (unpaired) electrons. The minimum atomic E-state index is 0.410. The number of rotatable bonds is 6. The van der Waals surface area contributed by atoms with Crippen molar-refractivity contribution in [3.05, 3.63) is 12.2 Å². The van der Waals surface area contributed by atoms with Crippen LogP contribution < -0.4 is 11.1 Å². The number of hydrogen-bond acceptors (Lipinski definition) is 2. The summed E-state index contributed by atoms with van der Waals surface area (Å²) in [4.78, 5) is 4.13. The van der Waals surface area contributed by atoms with Crippen LogP contribution in [0.2, 0.25) is 0 Å². The molecule has 3 nitrogen and oxygen atoms in total. The molecule has 0 aliphatic rings. The predicted molar refractivity (Wildman–Crippen MR) is 59.1 cm³/mol. The van der Waals surface area contributed by atoms with Gasteiger partial charge in [-0.1, -0.05) is 12.2 Å². The third kappa shape index (κ3) is 6.34. The molecule has 0 fully saturated rings. The van der Waals surface area contributed by atoms with Crippen LogP contribution in [0.1, 0.15) is 26.7 Å². The van der Waals surface area contributed by atoms with E-state index in [4.69, 9.17) is 5.73 Å². The fraction of sp³-hybridized carbons (Fsp3) is 0.700. The number of amidine groups is 1. The molecule has 13 heavy (non-hydrogen) atoms. The molecule has 1 unspecified atom stereocenters. The van der Waals surface area contributed by atoms with E-state index in [9.17, 15) is 0 Å². The Morgan fingerprint density at radius 3 is 2.54 bits per heavy atom. The lowest BCUT2D eigenvalue weighted by molar-refractivity contribution is 0.568. The van der Waals surface area contributed by atoms with Gasteiger partial charge in [0.2, 0.25) is 0 Å². The third-order valence-electron chi connectivity index (χ3n) is 1.96. The van der Waals surface area contributed by atoms with Gasteiger partial charge in [-0.3, -0.25) is 4.99 Å². The maximum Gasteiger partial charge on any atom is 0.0905 e. The molecule has 0 rings (SSSR count). The van der Waals surface area contributed by atoms with Crippen molar-refractivity contribution >= 4 is 5.84 Å². The Morgan fingerprint density at radius 1 is 1.54 bits per heavy atom. The Kier molecular flexibility index (Phi) is 6.24. The molecule has 0 aromatic heterocycles. The van der Waals surface area contributed by atoms with Crippen LogP contribution in [0.3, 0.4) is 0 Å². The van der Waals surface area contributed by atoms with Gasteiger partial charge in [-0.05, 0) is 33.7 Å². The highest BCUT2D eigenvalue weighted by Crippen LogP contribution is 2.05. The van der Waals surface area contributed by atoms with Gasteiger partial charge in [0.1, 0.15) is 0 Å². The first-order valence-electron chi connectivity index (χ1n) is 4.67. The smallest absolute Gasteiger partial charge is 0.0905 e. The van der Waals surface area contributed by atoms with Crippen LogP contribution in [0.5, 0.6) is 0 Å². The van der Waals surface area contributed by atoms with Gasteiger partial charge in [0.05, 0.1) is 5.84 Å². The van der Waals surface area contributed by atoms with E-state index in [1.165, 1.54) is 5.57 Å². The van der Waals surface area contributed by atoms with Crippen LogP contribution >= 0.6 is 0 Å². The molecule has 0 saturated carbocycles. The van der Waals surface area contributed by atoms with E-state index < -0.39 is 0 Å². The van der Waals surface area contributed by atoms with E-state index in [0.29, 0.717) is 11.9 Å². The number of nitrogens with two attached hydrogens (primary N) is 1. The lowest BCUT2D eigenvalue weighted by Crippen LogP contribution is -2.26. The van der Waals surface area contributed by atoms with Gasteiger partial charge in [0.15, 0.2) is 0 Å². The van der Waals surface area contributed by atoms with Crippen molar-refractivity contribution in [2.75, 3.05) is 13.6 Å². The number of nitrogens with one attached hydrogen (secondary N) is 1. The average Bonchev–Trinajstić information content (AvgIpc) is 2.03. The minimum Gasteiger partial charge on any atom is -0.388 e. The molecule has 0 aromatic rings. The summed E-state index contributed by atoms with van der Waals surface area (Å²) in [6.07, 6.45) is 2.12. The van der Waals surface area contributed by atoms with Crippen molar-refractivity contribution in [2.24, 2.45) is 10.7 Å². The second-order valence-electron chi connectivity index (χ2n) is 3.35. The van der Waals surface area contributed by atoms with Gasteiger partial charge < -0.3 is 11.1 Å². The fourth-order valence-electron chi connectivity index (χ4n) is 1.19. The summed E-state index contributed by atoms with van der Waals surface area (Å²) in [5.74, 6) is 0.663. The Hall–Kier alpha value is -0.830. The molecule has 0 saturated heterocycles. The zero-order chi connectivity index (χ0) is 10.3. The highest BCUT2D eigenvalue weighted by Gasteiger charge is 2.04. The molecule has 0 bridgehead atoms. The zero-order valence-electron chi connectivity index (χ0n) is 8.93. The number of likely N-dealkylation sites (N-methyl/N-ethyl adjacent to an activating group) is 1. The quantitative estimate of drug-likeness (QED) is 0.282. The predicted octanol–water partition coefficient (Wildman–Crippen LogP) is 1.31. The first kappa shape index (κ1) is 12.2. The molecule has 76 valence electrons. The minimum absolute atomic E-state index is 0.410. The molecular weight excluding hydrogens is 162 g/mol. The van der Waals surface area contributed by atoms with Crippen LogP contribution in [-0.4, -0.2) is 25.5 Å². The van der Waals surface area contributed by atoms with Gasteiger partial charge in [-0.15, -0.1) is 0 Å². The van der Waals surface area contributed by atoms with Crippen molar-refractivity contribution in [3.63, 3.8) is 0 Å². The summed E-state index contributed by atoms with van der Waals surface area (Å²) in [5, 5.41) is 3.21. The topological polar surface area (TPSA) is 50.4 Å². The maximum atomic E-state index is 5.42. The lowest BCUT2D eigenvalue weighted by Gasteiger charge is -2.14. The lowest BCUT2D eigenvalue weighted by atomic mass is 10.1. The Labute approximate surface area is 81.1 Å². The number of hydrogen-bond donors (Lipinski definition) is 2. The standard InChI is InChI=1S/C10H21N3/c1-8(2)10(12-4)6-5-7-13-9(3)11/h10,12H,1,5-7H2,2-4H3,(H2,11,13). The summed E-state index contributed by atoms with van der Waals surface area (Å²) in [6, 6.07) is 0.410. The van der Waals surface area contributed by atoms with Crippen molar-refractivity contribution < 1.29 is 0 Å². The van der Waals surface area contributed by atoms with E-state index >= 15 is 0 Å². The van der Waals surface area contributed by atoms with Gasteiger partial charge in [0, 0.05) is 12.6 Å². The fourth-order valence-corrected chi connectivity index (χ4v) is 1.19. The molecule has 0 aliphatic carbocycles. The normalized spacial score (nSPS) is 14.2. The molecule has 3 N–H and O–H groups in total. The van der Waals surface area contributed by atoms with E-state index in [0.717, 1.165) is 19.4 Å². The van der Waals surface area contributed by atoms with E-state index in [2.05, 4.69) is 16.9 Å². The molecule has 0 heterocycles. The summed E-state index contributed by atoms with van der Waals surface area (Å²) < 4.78 is 0. The molecule has 3 heteroatoms. The first-order chi connectivity index (χ1) is 6.07. The van der Waals surface area contributed by atoms with Gasteiger partial charge >= 0.3 is 0 Å². The number of aliphatic imine (C=N–C) groups is 1. The second kappa shape index (κ2) is 6.66. The van der Waals surface area contributed by atoms with Crippen LogP contribution in [0, 0.1) is 0 Å². The molecule has 0 aliphatic heterocycles. The zero-order valence-corrected chi connectivity index (χ0v) is 8.93. The molecule has 0 amide bonds. The molecule has 1 atom stereocenters. The SMILES string of the molecule is C=C(C)C(CCCN=C(C)N)NC. The summed E-state index contributed by atoms with van der Waals surface area (Å²) in [5.41, 5.74) is 6.60. The Balaban J connectivity index is 3.62. The Morgan fingerprint density at radius 2 is 2.15 bits per heavy atom. The van der Waals surface area contributed by atoms with E-state index in [-0.39, 0.29) is 0 Å². The highest BCUT2D eigenvalue weighted by molar-refractivity contribution is 5.77. The summed E-state index contributed by atoms with van der Waals surface area (Å²) >= 11 is 0. The van der Waals surface area contributed by atoms with Gasteiger partial charge in [-0.25, -0.2) is 0 Å². The average molecular weight is 183 g/mol. The van der Waals surface area contributed by atoms with Crippen LogP contribution in [0.4, 0.5) is 0 Å². The first-order valence-corrected chi connectivity index (χ1v) is 4.67. The van der Waals surface area contributed by atoms with Crippen molar-refractivity contribution in [1.29, 1.82) is 0 Å². The molecule has 0 aromatic carbocycles. The van der Waals surface area contributed by atoms with Crippen LogP contribution in [-0.2, 0) is 0 Å². The van der Waals surface area contributed by atoms with Gasteiger partial charge in [0.25, 0.3) is 0 Å². The largest absolute Gasteiger partial charge is 0.388 e. The van der Waals surface area contributed by atoms with Crippen LogP contribution in [0.25, 0.3) is 0 Å². The molecule has 0 spiro atoms.